The number of carbonyl (C=O) groups is 2. The number of aliphatic imine (C=N–C) groups is 1. The van der Waals surface area contributed by atoms with Gasteiger partial charge in [0.25, 0.3) is 0 Å². The van der Waals surface area contributed by atoms with E-state index in [2.05, 4.69) is 15.6 Å². The Kier molecular flexibility index (Phi) is 7.36. The molecule has 1 aliphatic heterocycles. The molecule has 0 saturated carbocycles. The van der Waals surface area contributed by atoms with E-state index in [0.717, 1.165) is 4.90 Å². The summed E-state index contributed by atoms with van der Waals surface area (Å²) in [6.45, 7) is 0.416. The van der Waals surface area contributed by atoms with Crippen molar-refractivity contribution in [1.29, 1.82) is 0 Å². The van der Waals surface area contributed by atoms with Gasteiger partial charge in [0.15, 0.2) is 5.96 Å². The van der Waals surface area contributed by atoms with Gasteiger partial charge in [-0.15, -0.1) is 24.0 Å². The molecule has 0 bridgehead atoms. The summed E-state index contributed by atoms with van der Waals surface area (Å²) < 4.78 is 5.05. The molecule has 1 fully saturated rings. The van der Waals surface area contributed by atoms with Gasteiger partial charge in [-0.05, 0) is 18.2 Å². The summed E-state index contributed by atoms with van der Waals surface area (Å²) >= 11 is 6.00. The molecule has 3 amide bonds. The minimum absolute atomic E-state index is 0. The number of urea groups is 1. The average molecular weight is 454 g/mol. The molecule has 1 aliphatic rings. The smallest absolute Gasteiger partial charge is 0.324 e. The van der Waals surface area contributed by atoms with E-state index >= 15 is 0 Å². The molecule has 0 radical (unpaired) electrons. The highest BCUT2D eigenvalue weighted by molar-refractivity contribution is 14.0. The first-order valence-electron chi connectivity index (χ1n) is 6.50. The Morgan fingerprint density at radius 3 is 2.83 bits per heavy atom. The number of nitrogens with zero attached hydrogens (tertiary/aromatic N) is 2. The monoisotopic (exact) mass is 453 g/mol. The van der Waals surface area contributed by atoms with Crippen molar-refractivity contribution < 1.29 is 14.3 Å². The quantitative estimate of drug-likeness (QED) is 0.269. The van der Waals surface area contributed by atoms with Crippen molar-refractivity contribution in [3.8, 4) is 5.75 Å². The van der Waals surface area contributed by atoms with Crippen LogP contribution in [0, 0.1) is 0 Å². The van der Waals surface area contributed by atoms with Crippen LogP contribution in [0.25, 0.3) is 0 Å². The Hall–Kier alpha value is -1.75. The minimum atomic E-state index is -0.409. The molecule has 23 heavy (non-hydrogen) atoms. The van der Waals surface area contributed by atoms with Crippen molar-refractivity contribution in [2.45, 2.75) is 0 Å². The summed E-state index contributed by atoms with van der Waals surface area (Å²) in [6.07, 6.45) is 0. The van der Waals surface area contributed by atoms with Gasteiger partial charge in [-0.2, -0.15) is 0 Å². The number of nitrogens with two attached hydrogens (primary N) is 1. The lowest BCUT2D eigenvalue weighted by atomic mass is 10.3. The predicted octanol–water partition coefficient (Wildman–Crippen LogP) is 1.25. The number of anilines is 1. The fourth-order valence-corrected chi connectivity index (χ4v) is 2.14. The third-order valence-electron chi connectivity index (χ3n) is 2.97. The molecule has 0 spiro atoms. The molecule has 126 valence electrons. The number of ether oxygens (including phenoxy) is 1. The SMILES string of the molecule is COc1ccc(NC(N)=NCCN2C(=O)CNC2=O)cc1Cl.I. The number of hydrogen-bond donors (Lipinski definition) is 3. The highest BCUT2D eigenvalue weighted by Crippen LogP contribution is 2.26. The van der Waals surface area contributed by atoms with Crippen LogP contribution in [0.2, 0.25) is 5.02 Å². The first-order chi connectivity index (χ1) is 10.5. The van der Waals surface area contributed by atoms with E-state index in [9.17, 15) is 9.59 Å². The van der Waals surface area contributed by atoms with Crippen LogP contribution < -0.4 is 21.1 Å². The van der Waals surface area contributed by atoms with E-state index in [1.54, 1.807) is 18.2 Å². The predicted molar refractivity (Wildman–Crippen MR) is 98.6 cm³/mol. The van der Waals surface area contributed by atoms with Gasteiger partial charge in [-0.1, -0.05) is 11.6 Å². The van der Waals surface area contributed by atoms with Crippen molar-refractivity contribution in [1.82, 2.24) is 10.2 Å². The maximum atomic E-state index is 11.4. The van der Waals surface area contributed by atoms with Crippen molar-refractivity contribution in [2.24, 2.45) is 10.7 Å². The highest BCUT2D eigenvalue weighted by Gasteiger charge is 2.27. The van der Waals surface area contributed by atoms with E-state index in [-0.39, 0.29) is 55.5 Å². The highest BCUT2D eigenvalue weighted by atomic mass is 127. The standard InChI is InChI=1S/C13H16ClN5O3.HI/c1-22-10-3-2-8(6-9(10)14)18-12(15)16-4-5-19-11(20)7-17-13(19)21;/h2-3,6H,4-5,7H2,1H3,(H,17,21)(H3,15,16,18);1H. The first kappa shape index (κ1) is 19.3. The second kappa shape index (κ2) is 8.77. The second-order valence-electron chi connectivity index (χ2n) is 4.45. The van der Waals surface area contributed by atoms with Gasteiger partial charge in [0.05, 0.1) is 31.8 Å². The van der Waals surface area contributed by atoms with E-state index in [4.69, 9.17) is 22.1 Å². The molecule has 2 rings (SSSR count). The van der Waals surface area contributed by atoms with Crippen LogP contribution >= 0.6 is 35.6 Å². The minimum Gasteiger partial charge on any atom is -0.495 e. The average Bonchev–Trinajstić information content (AvgIpc) is 2.79. The topological polar surface area (TPSA) is 109 Å². The summed E-state index contributed by atoms with van der Waals surface area (Å²) in [5.41, 5.74) is 6.40. The van der Waals surface area contributed by atoms with Gasteiger partial charge in [0.2, 0.25) is 5.91 Å². The molecule has 1 aromatic carbocycles. The lowest BCUT2D eigenvalue weighted by molar-refractivity contribution is -0.124. The van der Waals surface area contributed by atoms with E-state index in [1.165, 1.54) is 7.11 Å². The van der Waals surface area contributed by atoms with E-state index < -0.39 is 6.03 Å². The van der Waals surface area contributed by atoms with Gasteiger partial charge in [0, 0.05) is 5.69 Å². The molecular formula is C13H17ClIN5O3. The number of imide groups is 1. The van der Waals surface area contributed by atoms with Crippen LogP contribution in [-0.2, 0) is 4.79 Å². The molecule has 4 N–H and O–H groups in total. The second-order valence-corrected chi connectivity index (χ2v) is 4.85. The van der Waals surface area contributed by atoms with Gasteiger partial charge in [-0.3, -0.25) is 14.7 Å². The number of halogens is 2. The van der Waals surface area contributed by atoms with Gasteiger partial charge >= 0.3 is 6.03 Å². The lowest BCUT2D eigenvalue weighted by Gasteiger charge is -2.11. The molecule has 8 nitrogen and oxygen atoms in total. The van der Waals surface area contributed by atoms with E-state index in [1.807, 2.05) is 0 Å². The Morgan fingerprint density at radius 1 is 1.52 bits per heavy atom. The van der Waals surface area contributed by atoms with Crippen LogP contribution in [0.5, 0.6) is 5.75 Å². The number of rotatable bonds is 5. The Balaban J connectivity index is 0.00000264. The van der Waals surface area contributed by atoms with Gasteiger partial charge < -0.3 is 21.1 Å². The Bertz CT molecular complexity index is 610. The number of hydrogen-bond acceptors (Lipinski definition) is 4. The van der Waals surface area contributed by atoms with Crippen LogP contribution in [0.15, 0.2) is 23.2 Å². The third-order valence-corrected chi connectivity index (χ3v) is 3.26. The van der Waals surface area contributed by atoms with Gasteiger partial charge in [0.1, 0.15) is 5.75 Å². The summed E-state index contributed by atoms with van der Waals surface area (Å²) in [5.74, 6) is 0.447. The summed E-state index contributed by atoms with van der Waals surface area (Å²) in [4.78, 5) is 27.8. The van der Waals surface area contributed by atoms with Crippen molar-refractivity contribution in [3.05, 3.63) is 23.2 Å². The molecule has 1 heterocycles. The van der Waals surface area contributed by atoms with Crippen molar-refractivity contribution in [2.75, 3.05) is 32.1 Å². The zero-order valence-corrected chi connectivity index (χ0v) is 15.4. The molecule has 0 unspecified atom stereocenters. The van der Waals surface area contributed by atoms with Crippen LogP contribution in [0.3, 0.4) is 0 Å². The molecule has 0 aromatic heterocycles. The fraction of sp³-hybridized carbons (Fsp3) is 0.308. The summed E-state index contributed by atoms with van der Waals surface area (Å²) in [5, 5.41) is 5.74. The van der Waals surface area contributed by atoms with Crippen LogP contribution in [0.4, 0.5) is 10.5 Å². The van der Waals surface area contributed by atoms with Crippen molar-refractivity contribution >= 4 is 59.2 Å². The van der Waals surface area contributed by atoms with Crippen molar-refractivity contribution in [3.63, 3.8) is 0 Å². The maximum Gasteiger partial charge on any atom is 0.324 e. The van der Waals surface area contributed by atoms with E-state index in [0.29, 0.717) is 16.5 Å². The summed E-state index contributed by atoms with van der Waals surface area (Å²) in [6, 6.07) is 4.68. The van der Waals surface area contributed by atoms with Crippen LogP contribution in [-0.4, -0.2) is 49.5 Å². The fourth-order valence-electron chi connectivity index (χ4n) is 1.88. The molecule has 10 heteroatoms. The molecular weight excluding hydrogens is 437 g/mol. The molecule has 0 atom stereocenters. The Morgan fingerprint density at radius 2 is 2.26 bits per heavy atom. The largest absolute Gasteiger partial charge is 0.495 e. The number of guanidine groups is 1. The maximum absolute atomic E-state index is 11.4. The summed E-state index contributed by atoms with van der Waals surface area (Å²) in [7, 11) is 1.53. The molecule has 1 aromatic rings. The van der Waals surface area contributed by atoms with Crippen LogP contribution in [0.1, 0.15) is 0 Å². The number of nitrogens with one attached hydrogen (secondary N) is 2. The zero-order chi connectivity index (χ0) is 16.1. The number of benzene rings is 1. The number of amides is 3. The first-order valence-corrected chi connectivity index (χ1v) is 6.87. The number of methoxy groups -OCH3 is 1. The zero-order valence-electron chi connectivity index (χ0n) is 12.3. The lowest BCUT2D eigenvalue weighted by Crippen LogP contribution is -2.34. The molecule has 0 aliphatic carbocycles. The molecule has 1 saturated heterocycles. The normalized spacial score (nSPS) is 14.3. The Labute approximate surface area is 155 Å². The third kappa shape index (κ3) is 5.13. The van der Waals surface area contributed by atoms with Gasteiger partial charge in [-0.25, -0.2) is 4.79 Å². The number of carbonyl (C=O) groups excluding carboxylic acids is 2.